The van der Waals surface area contributed by atoms with Crippen LogP contribution >= 0.6 is 15.8 Å². The van der Waals surface area contributed by atoms with Gasteiger partial charge >= 0.3 is 0 Å². The lowest BCUT2D eigenvalue weighted by Gasteiger charge is -2.44. The van der Waals surface area contributed by atoms with Gasteiger partial charge in [-0.25, -0.2) is 0 Å². The Morgan fingerprint density at radius 3 is 1.21 bits per heavy atom. The fourth-order valence-corrected chi connectivity index (χ4v) is 9.47. The zero-order valence-electron chi connectivity index (χ0n) is 10.5. The third-order valence-electron chi connectivity index (χ3n) is 3.14. The molecule has 0 amide bonds. The minimum absolute atomic E-state index is 0.0538. The average Bonchev–Trinajstić information content (AvgIpc) is 2.21. The van der Waals surface area contributed by atoms with Gasteiger partial charge < -0.3 is 0 Å². The summed E-state index contributed by atoms with van der Waals surface area (Å²) in [6.07, 6.45) is 6.38. The fourth-order valence-electron chi connectivity index (χ4n) is 2.19. The highest BCUT2D eigenvalue weighted by Gasteiger charge is 2.34. The van der Waals surface area contributed by atoms with Crippen LogP contribution in [0.5, 0.6) is 0 Å². The molecular weight excluding hydrogens is 205 g/mol. The molecule has 0 bridgehead atoms. The Bertz CT molecular complexity index is 130. The molecule has 0 spiro atoms. The Morgan fingerprint density at radius 2 is 1.07 bits per heavy atom. The van der Waals surface area contributed by atoms with E-state index in [1.165, 1.54) is 31.1 Å². The molecule has 0 atom stereocenters. The largest absolute Gasteiger partial charge is 0.106 e. The van der Waals surface area contributed by atoms with Gasteiger partial charge in [-0.15, -0.1) is 15.8 Å². The Kier molecular flexibility index (Phi) is 7.72. The van der Waals surface area contributed by atoms with E-state index in [-0.39, 0.29) is 20.6 Å². The minimum Gasteiger partial charge on any atom is -0.106 e. The van der Waals surface area contributed by atoms with E-state index in [4.69, 9.17) is 7.85 Å². The predicted octanol–water partition coefficient (Wildman–Crippen LogP) is 4.26. The van der Waals surface area contributed by atoms with Crippen molar-refractivity contribution in [3.8, 4) is 0 Å². The maximum absolute atomic E-state index is 6.69. The van der Waals surface area contributed by atoms with E-state index in [0.717, 1.165) is 0 Å². The lowest BCUT2D eigenvalue weighted by Crippen LogP contribution is -2.27. The third-order valence-corrected chi connectivity index (χ3v) is 10.7. The first-order valence-electron chi connectivity index (χ1n) is 5.89. The third kappa shape index (κ3) is 3.21. The van der Waals surface area contributed by atoms with Crippen LogP contribution in [0, 0.1) is 0 Å². The Hall–Kier alpha value is 0.925. The van der Waals surface area contributed by atoms with Crippen LogP contribution in [0.1, 0.15) is 41.0 Å². The molecule has 0 aliphatic heterocycles. The van der Waals surface area contributed by atoms with Gasteiger partial charge in [0.1, 0.15) is 0 Å². The van der Waals surface area contributed by atoms with Crippen molar-refractivity contribution in [2.24, 2.45) is 0 Å². The summed E-state index contributed by atoms with van der Waals surface area (Å²) in [7, 11) is 6.79. The van der Waals surface area contributed by atoms with Crippen molar-refractivity contribution in [3.05, 3.63) is 0 Å². The standard InChI is InChI=1S/C11H25BP2/c1-6-11(12,13(7-2)8-3)14(9-4)10-5/h6-10H2,1-5H3. The second-order valence-corrected chi connectivity index (χ2v) is 10.2. The quantitative estimate of drug-likeness (QED) is 0.452. The van der Waals surface area contributed by atoms with E-state index in [2.05, 4.69) is 34.6 Å². The van der Waals surface area contributed by atoms with Gasteiger partial charge in [-0.3, -0.25) is 0 Å². The molecule has 0 N–H and O–H groups in total. The van der Waals surface area contributed by atoms with Crippen LogP contribution in [-0.4, -0.2) is 37.3 Å². The molecule has 0 fully saturated rings. The smallest absolute Gasteiger partial charge is 0.0873 e. The zero-order chi connectivity index (χ0) is 11.2. The van der Waals surface area contributed by atoms with Crippen molar-refractivity contribution < 1.29 is 0 Å². The molecule has 0 aromatic carbocycles. The second-order valence-electron chi connectivity index (χ2n) is 3.58. The van der Waals surface area contributed by atoms with E-state index in [9.17, 15) is 0 Å². The summed E-state index contributed by atoms with van der Waals surface area (Å²) in [4.78, 5) is 0.206. The van der Waals surface area contributed by atoms with Crippen molar-refractivity contribution in [2.45, 2.75) is 45.8 Å². The molecule has 0 aliphatic rings. The highest BCUT2D eigenvalue weighted by molar-refractivity contribution is 7.79. The highest BCUT2D eigenvalue weighted by atomic mass is 31.2. The van der Waals surface area contributed by atoms with Gasteiger partial charge in [0.05, 0.1) is 7.85 Å². The monoisotopic (exact) mass is 230 g/mol. The van der Waals surface area contributed by atoms with Crippen molar-refractivity contribution >= 4 is 23.7 Å². The van der Waals surface area contributed by atoms with Crippen LogP contribution in [0.25, 0.3) is 0 Å². The molecule has 0 rings (SSSR count). The van der Waals surface area contributed by atoms with Gasteiger partial charge in [0, 0.05) is 0 Å². The molecule has 0 saturated heterocycles. The van der Waals surface area contributed by atoms with Crippen LogP contribution in [-0.2, 0) is 0 Å². The van der Waals surface area contributed by atoms with Crippen LogP contribution in [0.4, 0.5) is 0 Å². The van der Waals surface area contributed by atoms with Gasteiger partial charge in [-0.05, 0) is 29.4 Å². The van der Waals surface area contributed by atoms with Crippen molar-refractivity contribution in [2.75, 3.05) is 24.6 Å². The van der Waals surface area contributed by atoms with Crippen LogP contribution in [0.3, 0.4) is 0 Å². The molecule has 0 nitrogen and oxygen atoms in total. The van der Waals surface area contributed by atoms with Gasteiger partial charge in [0.25, 0.3) is 0 Å². The maximum Gasteiger partial charge on any atom is 0.0873 e. The number of rotatable bonds is 7. The summed E-state index contributed by atoms with van der Waals surface area (Å²) < 4.78 is 0. The molecule has 0 aromatic heterocycles. The van der Waals surface area contributed by atoms with Crippen LogP contribution in [0.15, 0.2) is 0 Å². The van der Waals surface area contributed by atoms with Gasteiger partial charge in [0.15, 0.2) is 0 Å². The maximum atomic E-state index is 6.69. The van der Waals surface area contributed by atoms with Gasteiger partial charge in [-0.2, -0.15) is 0 Å². The van der Waals surface area contributed by atoms with E-state index >= 15 is 0 Å². The summed E-state index contributed by atoms with van der Waals surface area (Å²) in [6, 6.07) is 0. The van der Waals surface area contributed by atoms with Crippen LogP contribution < -0.4 is 0 Å². The molecule has 3 heteroatoms. The first-order valence-corrected chi connectivity index (χ1v) is 9.31. The van der Waals surface area contributed by atoms with Gasteiger partial charge in [-0.1, -0.05) is 41.0 Å². The first-order chi connectivity index (χ1) is 6.60. The van der Waals surface area contributed by atoms with Crippen LogP contribution in [0.2, 0.25) is 0 Å². The Morgan fingerprint density at radius 1 is 0.786 bits per heavy atom. The van der Waals surface area contributed by atoms with E-state index in [1.54, 1.807) is 0 Å². The summed E-state index contributed by atoms with van der Waals surface area (Å²) in [6.45, 7) is 11.5. The summed E-state index contributed by atoms with van der Waals surface area (Å²) >= 11 is 0. The molecule has 0 heterocycles. The fraction of sp³-hybridized carbons (Fsp3) is 1.00. The molecular formula is C11H25BP2. The molecule has 0 unspecified atom stereocenters. The van der Waals surface area contributed by atoms with E-state index in [1.807, 2.05) is 0 Å². The highest BCUT2D eigenvalue weighted by Crippen LogP contribution is 2.66. The first kappa shape index (κ1) is 14.9. The molecule has 0 aliphatic carbocycles. The summed E-state index contributed by atoms with van der Waals surface area (Å²) in [5, 5.41) is 0. The topological polar surface area (TPSA) is 0 Å². The Balaban J connectivity index is 4.72. The summed E-state index contributed by atoms with van der Waals surface area (Å²) in [5.41, 5.74) is 0. The normalized spacial score (nSPS) is 12.8. The second kappa shape index (κ2) is 7.24. The molecule has 0 aromatic rings. The summed E-state index contributed by atoms with van der Waals surface area (Å²) in [5.74, 6) is 0. The lowest BCUT2D eigenvalue weighted by molar-refractivity contribution is 0.951. The molecule has 2 radical (unpaired) electrons. The minimum atomic E-state index is 0.0538. The van der Waals surface area contributed by atoms with Crippen molar-refractivity contribution in [1.29, 1.82) is 0 Å². The molecule has 0 saturated carbocycles. The number of hydrogen-bond acceptors (Lipinski definition) is 0. The Labute approximate surface area is 94.5 Å². The lowest BCUT2D eigenvalue weighted by atomic mass is 10.0. The van der Waals surface area contributed by atoms with Gasteiger partial charge in [0.2, 0.25) is 0 Å². The predicted molar refractivity (Wildman–Crippen MR) is 74.8 cm³/mol. The zero-order valence-corrected chi connectivity index (χ0v) is 12.3. The average molecular weight is 230 g/mol. The van der Waals surface area contributed by atoms with Crippen molar-refractivity contribution in [1.82, 2.24) is 0 Å². The SMILES string of the molecule is [B]C(CC)(P(CC)CC)P(CC)CC. The number of hydrogen-bond donors (Lipinski definition) is 0. The molecule has 82 valence electrons. The van der Waals surface area contributed by atoms with Crippen molar-refractivity contribution in [3.63, 3.8) is 0 Å². The van der Waals surface area contributed by atoms with E-state index < -0.39 is 0 Å². The molecule has 14 heavy (non-hydrogen) atoms. The van der Waals surface area contributed by atoms with E-state index in [0.29, 0.717) is 0 Å².